The minimum atomic E-state index is -0.991. The highest BCUT2D eigenvalue weighted by Crippen LogP contribution is 2.20. The molecular formula is C16H25FN2O2. The van der Waals surface area contributed by atoms with Gasteiger partial charge < -0.3 is 15.3 Å². The van der Waals surface area contributed by atoms with E-state index in [2.05, 4.69) is 5.32 Å². The van der Waals surface area contributed by atoms with Crippen molar-refractivity contribution in [2.45, 2.75) is 39.2 Å². The second-order valence-corrected chi connectivity index (χ2v) is 5.35. The highest BCUT2D eigenvalue weighted by molar-refractivity contribution is 5.78. The number of halogens is 1. The van der Waals surface area contributed by atoms with Crippen molar-refractivity contribution in [2.24, 2.45) is 0 Å². The Kier molecular flexibility index (Phi) is 6.62. The van der Waals surface area contributed by atoms with E-state index >= 15 is 0 Å². The molecule has 118 valence electrons. The summed E-state index contributed by atoms with van der Waals surface area (Å²) >= 11 is 0. The van der Waals surface area contributed by atoms with Gasteiger partial charge in [-0.25, -0.2) is 4.39 Å². The number of para-hydroxylation sites is 1. The van der Waals surface area contributed by atoms with Crippen LogP contribution in [0.4, 0.5) is 10.1 Å². The number of benzene rings is 1. The number of carboxylic acids is 1. The average molecular weight is 296 g/mol. The fourth-order valence-corrected chi connectivity index (χ4v) is 2.19. The van der Waals surface area contributed by atoms with E-state index in [1.54, 1.807) is 25.1 Å². The van der Waals surface area contributed by atoms with Crippen molar-refractivity contribution in [3.63, 3.8) is 0 Å². The predicted molar refractivity (Wildman–Crippen MR) is 83.2 cm³/mol. The lowest BCUT2D eigenvalue weighted by Crippen LogP contribution is -2.51. The van der Waals surface area contributed by atoms with Crippen LogP contribution in [0.2, 0.25) is 0 Å². The number of nitrogens with zero attached hydrogens (tertiary/aromatic N) is 1. The summed E-state index contributed by atoms with van der Waals surface area (Å²) in [4.78, 5) is 13.3. The fraction of sp³-hybridized carbons (Fsp3) is 0.562. The molecule has 1 rings (SSSR count). The van der Waals surface area contributed by atoms with Crippen molar-refractivity contribution >= 4 is 11.7 Å². The first-order chi connectivity index (χ1) is 9.94. The second-order valence-electron chi connectivity index (χ2n) is 5.35. The lowest BCUT2D eigenvalue weighted by molar-refractivity contribution is -0.144. The highest BCUT2D eigenvalue weighted by Gasteiger charge is 2.32. The zero-order valence-electron chi connectivity index (χ0n) is 13.0. The van der Waals surface area contributed by atoms with Gasteiger partial charge in [0.25, 0.3) is 0 Å². The summed E-state index contributed by atoms with van der Waals surface area (Å²) in [6.45, 7) is 7.37. The third kappa shape index (κ3) is 4.70. The van der Waals surface area contributed by atoms with E-state index in [0.717, 1.165) is 6.42 Å². The second kappa shape index (κ2) is 7.98. The van der Waals surface area contributed by atoms with E-state index in [9.17, 15) is 14.3 Å². The van der Waals surface area contributed by atoms with Crippen LogP contribution in [-0.2, 0) is 4.79 Å². The quantitative estimate of drug-likeness (QED) is 0.736. The first kappa shape index (κ1) is 17.4. The lowest BCUT2D eigenvalue weighted by atomic mass is 9.97. The van der Waals surface area contributed by atoms with E-state index in [1.807, 2.05) is 18.7 Å². The zero-order valence-corrected chi connectivity index (χ0v) is 13.0. The minimum Gasteiger partial charge on any atom is -0.480 e. The van der Waals surface area contributed by atoms with Gasteiger partial charge in [-0.05, 0) is 45.4 Å². The van der Waals surface area contributed by atoms with E-state index in [1.165, 1.54) is 6.07 Å². The number of carbonyl (C=O) groups is 1. The molecule has 0 aliphatic carbocycles. The van der Waals surface area contributed by atoms with E-state index in [-0.39, 0.29) is 5.82 Å². The number of carboxylic acid groups (broad SMARTS) is 1. The molecule has 4 nitrogen and oxygen atoms in total. The predicted octanol–water partition coefficient (Wildman–Crippen LogP) is 2.89. The van der Waals surface area contributed by atoms with Crippen LogP contribution in [0.5, 0.6) is 0 Å². The Morgan fingerprint density at radius 3 is 2.57 bits per heavy atom. The van der Waals surface area contributed by atoms with Crippen molar-refractivity contribution in [3.05, 3.63) is 30.1 Å². The number of nitrogens with one attached hydrogen (secondary N) is 1. The molecule has 1 unspecified atom stereocenters. The van der Waals surface area contributed by atoms with Gasteiger partial charge in [-0.15, -0.1) is 0 Å². The Bertz CT molecular complexity index is 467. The molecule has 0 saturated heterocycles. The summed E-state index contributed by atoms with van der Waals surface area (Å²) < 4.78 is 13.8. The molecule has 0 bridgehead atoms. The van der Waals surface area contributed by atoms with Gasteiger partial charge >= 0.3 is 5.97 Å². The number of hydrogen-bond donors (Lipinski definition) is 2. The van der Waals surface area contributed by atoms with Crippen molar-refractivity contribution in [1.82, 2.24) is 5.32 Å². The Hall–Kier alpha value is -1.62. The van der Waals surface area contributed by atoms with Crippen LogP contribution in [0, 0.1) is 5.82 Å². The monoisotopic (exact) mass is 296 g/mol. The Morgan fingerprint density at radius 2 is 2.05 bits per heavy atom. The molecule has 0 aliphatic heterocycles. The summed E-state index contributed by atoms with van der Waals surface area (Å²) in [6.07, 6.45) is 1.28. The van der Waals surface area contributed by atoms with Gasteiger partial charge in [0.2, 0.25) is 0 Å². The molecule has 0 heterocycles. The maximum absolute atomic E-state index is 13.8. The Morgan fingerprint density at radius 1 is 1.38 bits per heavy atom. The van der Waals surface area contributed by atoms with Crippen LogP contribution in [0.1, 0.15) is 33.6 Å². The van der Waals surface area contributed by atoms with Gasteiger partial charge in [0.15, 0.2) is 0 Å². The average Bonchev–Trinajstić information content (AvgIpc) is 2.47. The van der Waals surface area contributed by atoms with Crippen molar-refractivity contribution in [3.8, 4) is 0 Å². The summed E-state index contributed by atoms with van der Waals surface area (Å²) in [5, 5.41) is 12.5. The summed E-state index contributed by atoms with van der Waals surface area (Å²) in [5.41, 5.74) is -0.475. The molecular weight excluding hydrogens is 271 g/mol. The van der Waals surface area contributed by atoms with Gasteiger partial charge in [-0.2, -0.15) is 0 Å². The van der Waals surface area contributed by atoms with Gasteiger partial charge in [-0.3, -0.25) is 4.79 Å². The molecule has 1 atom stereocenters. The van der Waals surface area contributed by atoms with Gasteiger partial charge in [0.1, 0.15) is 11.4 Å². The van der Waals surface area contributed by atoms with Crippen molar-refractivity contribution in [2.75, 3.05) is 24.5 Å². The molecule has 0 amide bonds. The van der Waals surface area contributed by atoms with Crippen LogP contribution >= 0.6 is 0 Å². The van der Waals surface area contributed by atoms with Gasteiger partial charge in [0.05, 0.1) is 5.69 Å². The first-order valence-corrected chi connectivity index (χ1v) is 7.42. The SMILES string of the molecule is CCCNC(C)(CCN(CC)c1ccccc1F)C(=O)O. The smallest absolute Gasteiger partial charge is 0.323 e. The maximum atomic E-state index is 13.8. The molecule has 2 N–H and O–H groups in total. The molecule has 1 aromatic carbocycles. The largest absolute Gasteiger partial charge is 0.480 e. The van der Waals surface area contributed by atoms with Crippen LogP contribution in [0.25, 0.3) is 0 Å². The molecule has 5 heteroatoms. The van der Waals surface area contributed by atoms with Gasteiger partial charge in [-0.1, -0.05) is 19.1 Å². The van der Waals surface area contributed by atoms with Gasteiger partial charge in [0, 0.05) is 13.1 Å². The molecule has 1 aromatic rings. The zero-order chi connectivity index (χ0) is 15.9. The Labute approximate surface area is 126 Å². The molecule has 0 saturated carbocycles. The lowest BCUT2D eigenvalue weighted by Gasteiger charge is -2.31. The first-order valence-electron chi connectivity index (χ1n) is 7.42. The molecule has 0 aliphatic rings. The van der Waals surface area contributed by atoms with Crippen LogP contribution in [-0.4, -0.2) is 36.2 Å². The van der Waals surface area contributed by atoms with Crippen molar-refractivity contribution < 1.29 is 14.3 Å². The van der Waals surface area contributed by atoms with E-state index in [0.29, 0.717) is 31.7 Å². The molecule has 0 spiro atoms. The van der Waals surface area contributed by atoms with Crippen LogP contribution < -0.4 is 10.2 Å². The van der Waals surface area contributed by atoms with Crippen LogP contribution in [0.3, 0.4) is 0 Å². The third-order valence-electron chi connectivity index (χ3n) is 3.69. The maximum Gasteiger partial charge on any atom is 0.323 e. The van der Waals surface area contributed by atoms with Crippen molar-refractivity contribution in [1.29, 1.82) is 0 Å². The third-order valence-corrected chi connectivity index (χ3v) is 3.69. The van der Waals surface area contributed by atoms with Crippen LogP contribution in [0.15, 0.2) is 24.3 Å². The minimum absolute atomic E-state index is 0.280. The summed E-state index contributed by atoms with van der Waals surface area (Å²) in [7, 11) is 0. The summed E-state index contributed by atoms with van der Waals surface area (Å²) in [6, 6.07) is 6.57. The number of rotatable bonds is 9. The fourth-order valence-electron chi connectivity index (χ4n) is 2.19. The number of hydrogen-bond acceptors (Lipinski definition) is 3. The van der Waals surface area contributed by atoms with E-state index < -0.39 is 11.5 Å². The topological polar surface area (TPSA) is 52.6 Å². The standard InChI is InChI=1S/C16H25FN2O2/c1-4-11-18-16(3,15(20)21)10-12-19(5-2)14-9-7-6-8-13(14)17/h6-9,18H,4-5,10-12H2,1-3H3,(H,20,21). The molecule has 0 fully saturated rings. The molecule has 21 heavy (non-hydrogen) atoms. The molecule has 0 aromatic heterocycles. The normalized spacial score (nSPS) is 13.7. The number of anilines is 1. The summed E-state index contributed by atoms with van der Waals surface area (Å²) in [5.74, 6) is -1.15. The highest BCUT2D eigenvalue weighted by atomic mass is 19.1. The van der Waals surface area contributed by atoms with E-state index in [4.69, 9.17) is 0 Å². The number of aliphatic carboxylic acids is 1. The molecule has 0 radical (unpaired) electrons. The Balaban J connectivity index is 2.77.